The largest absolute Gasteiger partial charge is 0.493 e. The highest BCUT2D eigenvalue weighted by atomic mass is 16.5. The highest BCUT2D eigenvalue weighted by Gasteiger charge is 2.08. The molecular weight excluding hydrogens is 234 g/mol. The third-order valence-corrected chi connectivity index (χ3v) is 2.48. The minimum atomic E-state index is 0.474. The van der Waals surface area contributed by atoms with Crippen LogP contribution in [0.1, 0.15) is 5.76 Å². The minimum absolute atomic E-state index is 0.474. The molecule has 1 N–H and O–H groups in total. The number of furan rings is 1. The number of hydrogen-bond donors (Lipinski definition) is 1. The summed E-state index contributed by atoms with van der Waals surface area (Å²) in [4.78, 5) is 0. The molecule has 0 unspecified atom stereocenters. The summed E-state index contributed by atoms with van der Waals surface area (Å²) in [6.07, 6.45) is 1.23. The summed E-state index contributed by atoms with van der Waals surface area (Å²) in [5.41, 5.74) is 0.852. The van der Waals surface area contributed by atoms with Crippen LogP contribution in [0.15, 0.2) is 39.9 Å². The summed E-state index contributed by atoms with van der Waals surface area (Å²) in [7, 11) is 3.16. The first kappa shape index (κ1) is 12.0. The molecule has 5 heteroatoms. The van der Waals surface area contributed by atoms with Gasteiger partial charge in [-0.15, -0.1) is 0 Å². The predicted octanol–water partition coefficient (Wildman–Crippen LogP) is 2.77. The maximum atomic E-state index is 8.42. The van der Waals surface area contributed by atoms with Crippen LogP contribution in [0.3, 0.4) is 0 Å². The zero-order valence-electron chi connectivity index (χ0n) is 10.1. The predicted molar refractivity (Wildman–Crippen MR) is 66.6 cm³/mol. The zero-order chi connectivity index (χ0) is 13.0. The van der Waals surface area contributed by atoms with Gasteiger partial charge in [0.2, 0.25) is 0 Å². The molecule has 0 fully saturated rings. The quantitative estimate of drug-likeness (QED) is 0.512. The second-order valence-electron chi connectivity index (χ2n) is 3.52. The van der Waals surface area contributed by atoms with E-state index in [-0.39, 0.29) is 0 Å². The SMILES string of the molecule is COc1ccc(-c2ccc(/C=N\O)o2)cc1OC. The maximum Gasteiger partial charge on any atom is 0.161 e. The van der Waals surface area contributed by atoms with Gasteiger partial charge in [-0.3, -0.25) is 0 Å². The standard InChI is InChI=1S/C13H13NO4/c1-16-12-5-3-9(7-13(12)17-2)11-6-4-10(18-11)8-14-15/h3-8,15H,1-2H3/b14-8-. The summed E-state index contributed by atoms with van der Waals surface area (Å²) >= 11 is 0. The summed E-state index contributed by atoms with van der Waals surface area (Å²) in [5.74, 6) is 2.42. The van der Waals surface area contributed by atoms with Gasteiger partial charge in [-0.05, 0) is 30.3 Å². The summed E-state index contributed by atoms with van der Waals surface area (Å²) in [5, 5.41) is 11.3. The number of hydrogen-bond acceptors (Lipinski definition) is 5. The first-order valence-corrected chi connectivity index (χ1v) is 5.28. The smallest absolute Gasteiger partial charge is 0.161 e. The third-order valence-electron chi connectivity index (χ3n) is 2.48. The molecule has 0 amide bonds. The highest BCUT2D eigenvalue weighted by Crippen LogP contribution is 2.32. The Hall–Kier alpha value is -2.43. The normalized spacial score (nSPS) is 10.8. The van der Waals surface area contributed by atoms with Crippen LogP contribution >= 0.6 is 0 Å². The average Bonchev–Trinajstić information content (AvgIpc) is 2.87. The van der Waals surface area contributed by atoms with Gasteiger partial charge in [0.15, 0.2) is 11.5 Å². The lowest BCUT2D eigenvalue weighted by Gasteiger charge is -2.08. The number of ether oxygens (including phenoxy) is 2. The molecule has 0 aliphatic carbocycles. The zero-order valence-corrected chi connectivity index (χ0v) is 10.1. The molecule has 0 saturated carbocycles. The second kappa shape index (κ2) is 5.27. The van der Waals surface area contributed by atoms with Crippen molar-refractivity contribution in [3.8, 4) is 22.8 Å². The van der Waals surface area contributed by atoms with Crippen LogP contribution in [-0.4, -0.2) is 25.6 Å². The fourth-order valence-electron chi connectivity index (χ4n) is 1.62. The molecule has 0 saturated heterocycles. The minimum Gasteiger partial charge on any atom is -0.493 e. The van der Waals surface area contributed by atoms with Gasteiger partial charge >= 0.3 is 0 Å². The molecule has 18 heavy (non-hydrogen) atoms. The molecule has 1 heterocycles. The Morgan fingerprint density at radius 1 is 1.11 bits per heavy atom. The van der Waals surface area contributed by atoms with Gasteiger partial charge in [-0.25, -0.2) is 0 Å². The summed E-state index contributed by atoms with van der Waals surface area (Å²) in [6.45, 7) is 0. The van der Waals surface area contributed by atoms with Gasteiger partial charge in [-0.2, -0.15) is 0 Å². The van der Waals surface area contributed by atoms with Gasteiger partial charge in [0, 0.05) is 5.56 Å². The van der Waals surface area contributed by atoms with Crippen LogP contribution in [0.2, 0.25) is 0 Å². The van der Waals surface area contributed by atoms with Gasteiger partial charge in [0.1, 0.15) is 17.7 Å². The monoisotopic (exact) mass is 247 g/mol. The van der Waals surface area contributed by atoms with Crippen LogP contribution < -0.4 is 9.47 Å². The lowest BCUT2D eigenvalue weighted by molar-refractivity contribution is 0.321. The van der Waals surface area contributed by atoms with E-state index >= 15 is 0 Å². The maximum absolute atomic E-state index is 8.42. The number of oxime groups is 1. The molecular formula is C13H13NO4. The van der Waals surface area contributed by atoms with E-state index in [2.05, 4.69) is 5.16 Å². The van der Waals surface area contributed by atoms with Crippen LogP contribution in [0.25, 0.3) is 11.3 Å². The highest BCUT2D eigenvalue weighted by molar-refractivity contribution is 5.77. The van der Waals surface area contributed by atoms with E-state index < -0.39 is 0 Å². The van der Waals surface area contributed by atoms with E-state index in [1.165, 1.54) is 6.21 Å². The van der Waals surface area contributed by atoms with Crippen molar-refractivity contribution in [2.45, 2.75) is 0 Å². The Morgan fingerprint density at radius 3 is 2.56 bits per heavy atom. The van der Waals surface area contributed by atoms with E-state index in [1.54, 1.807) is 32.4 Å². The van der Waals surface area contributed by atoms with Crippen molar-refractivity contribution >= 4 is 6.21 Å². The number of benzene rings is 1. The molecule has 5 nitrogen and oxygen atoms in total. The fourth-order valence-corrected chi connectivity index (χ4v) is 1.62. The molecule has 2 rings (SSSR count). The Balaban J connectivity index is 2.37. The third kappa shape index (κ3) is 2.29. The first-order chi connectivity index (χ1) is 8.78. The lowest BCUT2D eigenvalue weighted by atomic mass is 10.1. The van der Waals surface area contributed by atoms with Gasteiger partial charge < -0.3 is 19.1 Å². The van der Waals surface area contributed by atoms with Crippen LogP contribution in [0.5, 0.6) is 11.5 Å². The Morgan fingerprint density at radius 2 is 1.89 bits per heavy atom. The van der Waals surface area contributed by atoms with Crippen molar-refractivity contribution in [1.29, 1.82) is 0 Å². The molecule has 0 radical (unpaired) electrons. The topological polar surface area (TPSA) is 64.2 Å². The van der Waals surface area contributed by atoms with E-state index in [4.69, 9.17) is 19.1 Å². The molecule has 0 aliphatic rings. The van der Waals surface area contributed by atoms with Crippen molar-refractivity contribution in [2.75, 3.05) is 14.2 Å². The molecule has 2 aromatic rings. The number of nitrogens with zero attached hydrogens (tertiary/aromatic N) is 1. The van der Waals surface area contributed by atoms with Crippen LogP contribution in [0.4, 0.5) is 0 Å². The Bertz CT molecular complexity index is 560. The number of rotatable bonds is 4. The van der Waals surface area contributed by atoms with E-state index in [9.17, 15) is 0 Å². The Labute approximate surface area is 104 Å². The van der Waals surface area contributed by atoms with E-state index in [1.807, 2.05) is 12.1 Å². The summed E-state index contributed by atoms with van der Waals surface area (Å²) in [6, 6.07) is 8.98. The second-order valence-corrected chi connectivity index (χ2v) is 3.52. The molecule has 1 aromatic carbocycles. The first-order valence-electron chi connectivity index (χ1n) is 5.28. The molecule has 0 spiro atoms. The van der Waals surface area contributed by atoms with Gasteiger partial charge in [0.05, 0.1) is 14.2 Å². The summed E-state index contributed by atoms with van der Waals surface area (Å²) < 4.78 is 15.9. The van der Waals surface area contributed by atoms with Crippen molar-refractivity contribution in [2.24, 2.45) is 5.16 Å². The fraction of sp³-hybridized carbons (Fsp3) is 0.154. The van der Waals surface area contributed by atoms with E-state index in [0.717, 1.165) is 5.56 Å². The molecule has 0 aliphatic heterocycles. The van der Waals surface area contributed by atoms with Crippen molar-refractivity contribution in [1.82, 2.24) is 0 Å². The average molecular weight is 247 g/mol. The van der Waals surface area contributed by atoms with Crippen molar-refractivity contribution < 1.29 is 19.1 Å². The van der Waals surface area contributed by atoms with E-state index in [0.29, 0.717) is 23.0 Å². The number of methoxy groups -OCH3 is 2. The van der Waals surface area contributed by atoms with Gasteiger partial charge in [-0.1, -0.05) is 5.16 Å². The van der Waals surface area contributed by atoms with Crippen LogP contribution in [-0.2, 0) is 0 Å². The lowest BCUT2D eigenvalue weighted by Crippen LogP contribution is -1.90. The molecule has 0 bridgehead atoms. The van der Waals surface area contributed by atoms with Crippen LogP contribution in [0, 0.1) is 0 Å². The van der Waals surface area contributed by atoms with Gasteiger partial charge in [0.25, 0.3) is 0 Å². The molecule has 94 valence electrons. The molecule has 0 atom stereocenters. The van der Waals surface area contributed by atoms with Crippen molar-refractivity contribution in [3.05, 3.63) is 36.1 Å². The molecule has 1 aromatic heterocycles. The Kier molecular flexibility index (Phi) is 3.52. The van der Waals surface area contributed by atoms with Crippen molar-refractivity contribution in [3.63, 3.8) is 0 Å².